The summed E-state index contributed by atoms with van der Waals surface area (Å²) in [5.74, 6) is 0. The first kappa shape index (κ1) is 14.0. The van der Waals surface area contributed by atoms with E-state index in [9.17, 15) is 0 Å². The molecule has 0 radical (unpaired) electrons. The molecule has 1 aromatic heterocycles. The number of nitrogens with one attached hydrogen (secondary N) is 2. The highest BCUT2D eigenvalue weighted by Gasteiger charge is 2.16. The van der Waals surface area contributed by atoms with E-state index in [1.165, 1.54) is 43.5 Å². The third-order valence-electron chi connectivity index (χ3n) is 3.80. The predicted molar refractivity (Wildman–Crippen MR) is 80.2 cm³/mol. The van der Waals surface area contributed by atoms with Crippen LogP contribution in [0.25, 0.3) is 0 Å². The maximum atomic E-state index is 3.72. The lowest BCUT2D eigenvalue weighted by molar-refractivity contribution is 0.382. The molecule has 3 unspecified atom stereocenters. The summed E-state index contributed by atoms with van der Waals surface area (Å²) in [6.07, 6.45) is 6.74. The van der Waals surface area contributed by atoms with Gasteiger partial charge in [0.2, 0.25) is 0 Å². The third-order valence-corrected chi connectivity index (χ3v) is 4.86. The van der Waals surface area contributed by atoms with Crippen LogP contribution in [-0.2, 0) is 0 Å². The molecular weight excluding hydrogens is 240 g/mol. The van der Waals surface area contributed by atoms with Crippen LogP contribution in [0.15, 0.2) is 17.5 Å². The van der Waals surface area contributed by atoms with Gasteiger partial charge in [-0.15, -0.1) is 11.3 Å². The number of hydrogen-bond donors (Lipinski definition) is 2. The molecule has 3 atom stereocenters. The minimum atomic E-state index is 0.478. The Morgan fingerprint density at radius 1 is 1.39 bits per heavy atom. The largest absolute Gasteiger partial charge is 0.314 e. The highest BCUT2D eigenvalue weighted by Crippen LogP contribution is 2.20. The van der Waals surface area contributed by atoms with E-state index < -0.39 is 0 Å². The molecule has 1 fully saturated rings. The van der Waals surface area contributed by atoms with Gasteiger partial charge >= 0.3 is 0 Å². The Bertz CT molecular complexity index is 315. The van der Waals surface area contributed by atoms with Gasteiger partial charge in [-0.2, -0.15) is 0 Å². The van der Waals surface area contributed by atoms with Gasteiger partial charge in [-0.3, -0.25) is 0 Å². The molecule has 0 bridgehead atoms. The Morgan fingerprint density at radius 3 is 3.06 bits per heavy atom. The van der Waals surface area contributed by atoms with E-state index in [-0.39, 0.29) is 0 Å². The molecule has 1 aliphatic heterocycles. The predicted octanol–water partition coefficient (Wildman–Crippen LogP) is 3.71. The van der Waals surface area contributed by atoms with Gasteiger partial charge in [-0.05, 0) is 51.1 Å². The average molecular weight is 266 g/mol. The summed E-state index contributed by atoms with van der Waals surface area (Å²) < 4.78 is 0. The first-order valence-electron chi connectivity index (χ1n) is 7.28. The molecule has 1 aliphatic rings. The quantitative estimate of drug-likeness (QED) is 0.849. The van der Waals surface area contributed by atoms with Crippen LogP contribution in [0.4, 0.5) is 0 Å². The van der Waals surface area contributed by atoms with Crippen molar-refractivity contribution >= 4 is 11.3 Å². The van der Waals surface area contributed by atoms with Crippen molar-refractivity contribution in [2.45, 2.75) is 64.1 Å². The van der Waals surface area contributed by atoms with Crippen LogP contribution < -0.4 is 10.6 Å². The molecule has 2 nitrogen and oxygen atoms in total. The van der Waals surface area contributed by atoms with Gasteiger partial charge in [-0.1, -0.05) is 18.9 Å². The standard InChI is InChI=1S/C15H26N2S/c1-12(11-14-7-4-3-5-9-16-14)17-13(2)15-8-6-10-18-15/h6,8,10,12-14,16-17H,3-5,7,9,11H2,1-2H3. The van der Waals surface area contributed by atoms with Crippen LogP contribution in [0, 0.1) is 0 Å². The van der Waals surface area contributed by atoms with Gasteiger partial charge in [0.05, 0.1) is 0 Å². The van der Waals surface area contributed by atoms with Crippen molar-refractivity contribution in [2.75, 3.05) is 6.54 Å². The van der Waals surface area contributed by atoms with Crippen LogP contribution in [0.2, 0.25) is 0 Å². The lowest BCUT2D eigenvalue weighted by atomic mass is 10.0. The topological polar surface area (TPSA) is 24.1 Å². The summed E-state index contributed by atoms with van der Waals surface area (Å²) in [7, 11) is 0. The van der Waals surface area contributed by atoms with Crippen LogP contribution in [0.1, 0.15) is 56.9 Å². The van der Waals surface area contributed by atoms with Crippen molar-refractivity contribution in [3.8, 4) is 0 Å². The molecule has 2 rings (SSSR count). The van der Waals surface area contributed by atoms with Gasteiger partial charge in [0.15, 0.2) is 0 Å². The monoisotopic (exact) mass is 266 g/mol. The number of rotatable bonds is 5. The summed E-state index contributed by atoms with van der Waals surface area (Å²) in [5.41, 5.74) is 0. The van der Waals surface area contributed by atoms with Crippen LogP contribution in [0.3, 0.4) is 0 Å². The second kappa shape index (κ2) is 7.27. The first-order valence-corrected chi connectivity index (χ1v) is 8.16. The highest BCUT2D eigenvalue weighted by molar-refractivity contribution is 7.10. The first-order chi connectivity index (χ1) is 8.75. The van der Waals surface area contributed by atoms with Crippen molar-refractivity contribution < 1.29 is 0 Å². The summed E-state index contributed by atoms with van der Waals surface area (Å²) in [6.45, 7) is 5.79. The normalized spacial score (nSPS) is 24.4. The van der Waals surface area contributed by atoms with E-state index in [0.717, 1.165) is 0 Å². The molecule has 0 spiro atoms. The fraction of sp³-hybridized carbons (Fsp3) is 0.733. The summed E-state index contributed by atoms with van der Waals surface area (Å²) >= 11 is 1.84. The third kappa shape index (κ3) is 4.38. The Morgan fingerprint density at radius 2 is 2.28 bits per heavy atom. The Hall–Kier alpha value is -0.380. The van der Waals surface area contributed by atoms with Gasteiger partial charge in [0.1, 0.15) is 0 Å². The molecule has 2 N–H and O–H groups in total. The van der Waals surface area contributed by atoms with Gasteiger partial charge in [0, 0.05) is 23.0 Å². The van der Waals surface area contributed by atoms with E-state index in [0.29, 0.717) is 18.1 Å². The summed E-state index contributed by atoms with van der Waals surface area (Å²) in [5, 5.41) is 9.56. The number of hydrogen-bond acceptors (Lipinski definition) is 3. The Kier molecular flexibility index (Phi) is 5.67. The lowest BCUT2D eigenvalue weighted by Crippen LogP contribution is -2.37. The van der Waals surface area contributed by atoms with Crippen molar-refractivity contribution in [3.63, 3.8) is 0 Å². The molecule has 0 saturated carbocycles. The van der Waals surface area contributed by atoms with Gasteiger partial charge < -0.3 is 10.6 Å². The Balaban J connectivity index is 1.75. The molecule has 2 heterocycles. The molecular formula is C15H26N2S. The fourth-order valence-electron chi connectivity index (χ4n) is 2.84. The highest BCUT2D eigenvalue weighted by atomic mass is 32.1. The van der Waals surface area contributed by atoms with Crippen molar-refractivity contribution in [3.05, 3.63) is 22.4 Å². The minimum absolute atomic E-state index is 0.478. The molecule has 0 aliphatic carbocycles. The van der Waals surface area contributed by atoms with Crippen LogP contribution in [-0.4, -0.2) is 18.6 Å². The van der Waals surface area contributed by atoms with E-state index in [1.807, 2.05) is 11.3 Å². The van der Waals surface area contributed by atoms with Gasteiger partial charge in [-0.25, -0.2) is 0 Å². The molecule has 18 heavy (non-hydrogen) atoms. The minimum Gasteiger partial charge on any atom is -0.314 e. The van der Waals surface area contributed by atoms with Crippen molar-refractivity contribution in [2.24, 2.45) is 0 Å². The maximum Gasteiger partial charge on any atom is 0.0388 e. The van der Waals surface area contributed by atoms with Crippen molar-refractivity contribution in [1.29, 1.82) is 0 Å². The SMILES string of the molecule is CC(CC1CCCCCN1)NC(C)c1cccs1. The Labute approximate surface area is 115 Å². The lowest BCUT2D eigenvalue weighted by Gasteiger charge is -2.24. The van der Waals surface area contributed by atoms with E-state index in [2.05, 4.69) is 42.0 Å². The van der Waals surface area contributed by atoms with Crippen LogP contribution in [0.5, 0.6) is 0 Å². The second-order valence-corrected chi connectivity index (χ2v) is 6.52. The molecule has 3 heteroatoms. The van der Waals surface area contributed by atoms with Crippen molar-refractivity contribution in [1.82, 2.24) is 10.6 Å². The summed E-state index contributed by atoms with van der Waals surface area (Å²) in [6, 6.07) is 6.13. The molecule has 0 amide bonds. The zero-order valence-electron chi connectivity index (χ0n) is 11.6. The molecule has 102 valence electrons. The van der Waals surface area contributed by atoms with E-state index >= 15 is 0 Å². The maximum absolute atomic E-state index is 3.72. The smallest absolute Gasteiger partial charge is 0.0388 e. The van der Waals surface area contributed by atoms with Crippen LogP contribution >= 0.6 is 11.3 Å². The number of thiophene rings is 1. The van der Waals surface area contributed by atoms with E-state index in [4.69, 9.17) is 0 Å². The molecule has 1 aromatic rings. The fourth-order valence-corrected chi connectivity index (χ4v) is 3.59. The molecule has 1 saturated heterocycles. The summed E-state index contributed by atoms with van der Waals surface area (Å²) in [4.78, 5) is 1.44. The molecule has 0 aromatic carbocycles. The van der Waals surface area contributed by atoms with E-state index in [1.54, 1.807) is 0 Å². The zero-order chi connectivity index (χ0) is 12.8. The zero-order valence-corrected chi connectivity index (χ0v) is 12.4. The average Bonchev–Trinajstić information content (AvgIpc) is 2.76. The van der Waals surface area contributed by atoms with Gasteiger partial charge in [0.25, 0.3) is 0 Å². The second-order valence-electron chi connectivity index (χ2n) is 5.54.